The van der Waals surface area contributed by atoms with Gasteiger partial charge in [-0.2, -0.15) is 0 Å². The number of nitrogens with zero attached hydrogens (tertiary/aromatic N) is 2. The number of carbonyl (C=O) groups is 2. The van der Waals surface area contributed by atoms with Gasteiger partial charge in [-0.25, -0.2) is 4.79 Å². The third kappa shape index (κ3) is 3.88. The second-order valence-corrected chi connectivity index (χ2v) is 8.24. The highest BCUT2D eigenvalue weighted by molar-refractivity contribution is 6.06. The molecule has 0 unspecified atom stereocenters. The summed E-state index contributed by atoms with van der Waals surface area (Å²) in [6.07, 6.45) is 2.65. The Morgan fingerprint density at radius 2 is 1.97 bits per heavy atom. The van der Waals surface area contributed by atoms with E-state index >= 15 is 0 Å². The number of rotatable bonds is 7. The van der Waals surface area contributed by atoms with E-state index in [0.717, 1.165) is 52.8 Å². The van der Waals surface area contributed by atoms with Gasteiger partial charge in [-0.3, -0.25) is 9.78 Å². The number of fused-ring (bicyclic) bond motifs is 2. The number of aromatic nitrogens is 2. The molecular formula is C25H28N2O4. The van der Waals surface area contributed by atoms with E-state index < -0.39 is 5.97 Å². The zero-order chi connectivity index (χ0) is 22.1. The van der Waals surface area contributed by atoms with Crippen molar-refractivity contribution in [2.45, 2.75) is 46.1 Å². The van der Waals surface area contributed by atoms with Crippen LogP contribution in [0.1, 0.15) is 62.7 Å². The van der Waals surface area contributed by atoms with Crippen LogP contribution in [0.4, 0.5) is 0 Å². The number of aryl methyl sites for hydroxylation is 2. The molecule has 2 aromatic heterocycles. The highest BCUT2D eigenvalue weighted by Gasteiger charge is 2.26. The van der Waals surface area contributed by atoms with E-state index in [1.54, 1.807) is 7.11 Å². The van der Waals surface area contributed by atoms with Gasteiger partial charge in [-0.15, -0.1) is 0 Å². The molecule has 0 saturated carbocycles. The van der Waals surface area contributed by atoms with Crippen molar-refractivity contribution in [2.75, 3.05) is 20.3 Å². The van der Waals surface area contributed by atoms with Gasteiger partial charge in [0.25, 0.3) is 0 Å². The summed E-state index contributed by atoms with van der Waals surface area (Å²) in [5.41, 5.74) is 5.70. The Morgan fingerprint density at radius 3 is 2.74 bits per heavy atom. The second kappa shape index (κ2) is 8.63. The van der Waals surface area contributed by atoms with Crippen LogP contribution in [0.2, 0.25) is 0 Å². The maximum absolute atomic E-state index is 13.1. The number of para-hydroxylation sites is 1. The molecule has 3 aromatic rings. The molecule has 4 rings (SSSR count). The quantitative estimate of drug-likeness (QED) is 0.419. The van der Waals surface area contributed by atoms with E-state index in [0.29, 0.717) is 17.7 Å². The molecule has 0 amide bonds. The molecule has 0 radical (unpaired) electrons. The van der Waals surface area contributed by atoms with Crippen LogP contribution in [0, 0.1) is 13.8 Å². The number of ether oxygens (including phenoxy) is 2. The topological polar surface area (TPSA) is 70.4 Å². The molecule has 6 heteroatoms. The number of methoxy groups -OCH3 is 1. The molecule has 1 aliphatic carbocycles. The van der Waals surface area contributed by atoms with Gasteiger partial charge in [0.05, 0.1) is 23.7 Å². The van der Waals surface area contributed by atoms with Gasteiger partial charge in [0.1, 0.15) is 0 Å². The zero-order valence-corrected chi connectivity index (χ0v) is 18.5. The van der Waals surface area contributed by atoms with Crippen LogP contribution in [-0.2, 0) is 22.3 Å². The fourth-order valence-electron chi connectivity index (χ4n) is 4.78. The van der Waals surface area contributed by atoms with Gasteiger partial charge in [-0.1, -0.05) is 18.2 Å². The lowest BCUT2D eigenvalue weighted by Crippen LogP contribution is -2.18. The smallest absolute Gasteiger partial charge is 0.339 e. The maximum Gasteiger partial charge on any atom is 0.339 e. The SMILES string of the molecule is COC[C@H](C)n1c(C)cc(C(=O)COC(=O)c2c3c(nc4ccccc24)CCC3)c1C. The van der Waals surface area contributed by atoms with Crippen molar-refractivity contribution in [3.63, 3.8) is 0 Å². The minimum atomic E-state index is -0.452. The Balaban J connectivity index is 1.57. The molecule has 31 heavy (non-hydrogen) atoms. The van der Waals surface area contributed by atoms with Crippen molar-refractivity contribution in [1.82, 2.24) is 9.55 Å². The summed E-state index contributed by atoms with van der Waals surface area (Å²) in [6.45, 7) is 6.20. The van der Waals surface area contributed by atoms with Gasteiger partial charge < -0.3 is 14.0 Å². The predicted octanol–water partition coefficient (Wildman–Crippen LogP) is 4.39. The van der Waals surface area contributed by atoms with Crippen molar-refractivity contribution in [3.8, 4) is 0 Å². The van der Waals surface area contributed by atoms with Crippen LogP contribution in [0.3, 0.4) is 0 Å². The van der Waals surface area contributed by atoms with Crippen molar-refractivity contribution < 1.29 is 19.1 Å². The predicted molar refractivity (Wildman–Crippen MR) is 119 cm³/mol. The van der Waals surface area contributed by atoms with Crippen LogP contribution < -0.4 is 0 Å². The normalized spacial score (nSPS) is 13.9. The van der Waals surface area contributed by atoms with Crippen LogP contribution in [0.5, 0.6) is 0 Å². The summed E-state index contributed by atoms with van der Waals surface area (Å²) in [5.74, 6) is -0.654. The Morgan fingerprint density at radius 1 is 1.19 bits per heavy atom. The highest BCUT2D eigenvalue weighted by atomic mass is 16.5. The van der Waals surface area contributed by atoms with Gasteiger partial charge in [-0.05, 0) is 57.7 Å². The number of esters is 1. The third-order valence-corrected chi connectivity index (χ3v) is 6.09. The van der Waals surface area contributed by atoms with Gasteiger partial charge in [0.2, 0.25) is 5.78 Å². The maximum atomic E-state index is 13.1. The first-order chi connectivity index (χ1) is 14.9. The van der Waals surface area contributed by atoms with Crippen molar-refractivity contribution in [3.05, 3.63) is 64.1 Å². The second-order valence-electron chi connectivity index (χ2n) is 8.24. The average molecular weight is 421 g/mol. The van der Waals surface area contributed by atoms with Gasteiger partial charge in [0.15, 0.2) is 6.61 Å². The third-order valence-electron chi connectivity index (χ3n) is 6.09. The first-order valence-corrected chi connectivity index (χ1v) is 10.7. The molecule has 162 valence electrons. The van der Waals surface area contributed by atoms with Gasteiger partial charge >= 0.3 is 5.97 Å². The minimum absolute atomic E-state index is 0.111. The largest absolute Gasteiger partial charge is 0.454 e. The molecule has 1 atom stereocenters. The lowest BCUT2D eigenvalue weighted by Gasteiger charge is -2.17. The zero-order valence-electron chi connectivity index (χ0n) is 18.5. The molecule has 0 saturated heterocycles. The van der Waals surface area contributed by atoms with Crippen LogP contribution >= 0.6 is 0 Å². The van der Waals surface area contributed by atoms with Crippen LogP contribution in [0.15, 0.2) is 30.3 Å². The number of Topliss-reactive ketones (excluding diaryl/α,β-unsaturated/α-hetero) is 1. The number of pyridine rings is 1. The number of carbonyl (C=O) groups excluding carboxylic acids is 2. The first kappa shape index (κ1) is 21.2. The van der Waals surface area contributed by atoms with E-state index in [2.05, 4.69) is 4.57 Å². The number of ketones is 1. The van der Waals surface area contributed by atoms with Crippen LogP contribution in [0.25, 0.3) is 10.9 Å². The molecular weight excluding hydrogens is 392 g/mol. The minimum Gasteiger partial charge on any atom is -0.454 e. The summed E-state index contributed by atoms with van der Waals surface area (Å²) in [5, 5.41) is 0.784. The number of hydrogen-bond acceptors (Lipinski definition) is 5. The summed E-state index contributed by atoms with van der Waals surface area (Å²) in [4.78, 5) is 30.7. The fourth-order valence-corrected chi connectivity index (χ4v) is 4.78. The molecule has 0 aliphatic heterocycles. The Kier molecular flexibility index (Phi) is 5.92. The standard InChI is InChI=1S/C25H28N2O4/c1-15-12-20(17(3)27(15)16(2)13-30-4)23(28)14-31-25(29)24-18-8-5-6-10-21(18)26-22-11-7-9-19(22)24/h5-6,8,10,12,16H,7,9,11,13-14H2,1-4H3/t16-/m0/s1. The van der Waals surface area contributed by atoms with Gasteiger partial charge in [0, 0.05) is 35.1 Å². The summed E-state index contributed by atoms with van der Waals surface area (Å²) >= 11 is 0. The lowest BCUT2D eigenvalue weighted by atomic mass is 10.0. The van der Waals surface area contributed by atoms with E-state index in [4.69, 9.17) is 14.5 Å². The van der Waals surface area contributed by atoms with Crippen molar-refractivity contribution in [2.24, 2.45) is 0 Å². The number of benzene rings is 1. The molecule has 1 aromatic carbocycles. The molecule has 0 spiro atoms. The fraction of sp³-hybridized carbons (Fsp3) is 0.400. The van der Waals surface area contributed by atoms with E-state index in [-0.39, 0.29) is 18.4 Å². The molecule has 0 fully saturated rings. The summed E-state index contributed by atoms with van der Waals surface area (Å²) in [6, 6.07) is 9.58. The summed E-state index contributed by atoms with van der Waals surface area (Å²) < 4.78 is 12.9. The van der Waals surface area contributed by atoms with Crippen molar-refractivity contribution >= 4 is 22.7 Å². The Hall–Kier alpha value is -2.99. The summed E-state index contributed by atoms with van der Waals surface area (Å²) in [7, 11) is 1.66. The first-order valence-electron chi connectivity index (χ1n) is 10.7. The monoisotopic (exact) mass is 420 g/mol. The molecule has 0 bridgehead atoms. The Labute approximate surface area is 182 Å². The number of hydrogen-bond donors (Lipinski definition) is 0. The molecule has 6 nitrogen and oxygen atoms in total. The molecule has 2 heterocycles. The average Bonchev–Trinajstić information content (AvgIpc) is 3.33. The van der Waals surface area contributed by atoms with E-state index in [9.17, 15) is 9.59 Å². The van der Waals surface area contributed by atoms with E-state index in [1.165, 1.54) is 0 Å². The van der Waals surface area contributed by atoms with E-state index in [1.807, 2.05) is 51.1 Å². The Bertz CT molecular complexity index is 1160. The van der Waals surface area contributed by atoms with Crippen LogP contribution in [-0.4, -0.2) is 41.6 Å². The van der Waals surface area contributed by atoms with Crippen molar-refractivity contribution in [1.29, 1.82) is 0 Å². The highest BCUT2D eigenvalue weighted by Crippen LogP contribution is 2.30. The molecule has 0 N–H and O–H groups in total. The lowest BCUT2D eigenvalue weighted by molar-refractivity contribution is 0.0475. The molecule has 1 aliphatic rings.